The molecule has 0 aliphatic heterocycles. The molecule has 1 radical (unpaired) electrons. The zero-order valence-corrected chi connectivity index (χ0v) is 8.50. The molecule has 13 heavy (non-hydrogen) atoms. The van der Waals surface area contributed by atoms with Gasteiger partial charge in [0.2, 0.25) is 0 Å². The minimum absolute atomic E-state index is 0.127. The van der Waals surface area contributed by atoms with Gasteiger partial charge in [-0.3, -0.25) is 0 Å². The Labute approximate surface area is 84.7 Å². The maximum Gasteiger partial charge on any atom is 0.0712 e. The summed E-state index contributed by atoms with van der Waals surface area (Å²) >= 11 is 5.69. The molecule has 0 aromatic heterocycles. The third-order valence-corrected chi connectivity index (χ3v) is 2.27. The summed E-state index contributed by atoms with van der Waals surface area (Å²) in [5, 5.41) is 0. The van der Waals surface area contributed by atoms with E-state index in [1.165, 1.54) is 5.56 Å². The van der Waals surface area contributed by atoms with Crippen LogP contribution in [0.15, 0.2) is 30.3 Å². The van der Waals surface area contributed by atoms with Gasteiger partial charge in [-0.25, -0.2) is 0 Å². The number of methoxy groups -OCH3 is 1. The smallest absolute Gasteiger partial charge is 0.0712 e. The van der Waals surface area contributed by atoms with Gasteiger partial charge in [0.15, 0.2) is 0 Å². The van der Waals surface area contributed by atoms with Crippen LogP contribution in [-0.2, 0) is 4.74 Å². The fraction of sp³-hybridized carbons (Fsp3) is 0.364. The maximum atomic E-state index is 5.69. The highest BCUT2D eigenvalue weighted by Gasteiger charge is 2.05. The van der Waals surface area contributed by atoms with Crippen molar-refractivity contribution in [2.75, 3.05) is 13.0 Å². The van der Waals surface area contributed by atoms with Gasteiger partial charge in [0.05, 0.1) is 6.10 Å². The van der Waals surface area contributed by atoms with Crippen LogP contribution >= 0.6 is 11.6 Å². The lowest BCUT2D eigenvalue weighted by atomic mass is 10.1. The molecular formula is C11H14ClO. The van der Waals surface area contributed by atoms with E-state index < -0.39 is 0 Å². The van der Waals surface area contributed by atoms with Crippen LogP contribution in [0.5, 0.6) is 0 Å². The monoisotopic (exact) mass is 197 g/mol. The first-order valence-corrected chi connectivity index (χ1v) is 4.87. The molecule has 1 rings (SSSR count). The van der Waals surface area contributed by atoms with Crippen LogP contribution in [0.4, 0.5) is 0 Å². The highest BCUT2D eigenvalue weighted by Crippen LogP contribution is 2.09. The molecule has 0 bridgehead atoms. The standard InChI is InChI=1S/C11H14ClO/c1-13-11(9-12)8-7-10-5-3-2-4-6-10/h2-7,11H,8-9H2,1H3. The quantitative estimate of drug-likeness (QED) is 0.660. The van der Waals surface area contributed by atoms with Gasteiger partial charge in [0.1, 0.15) is 0 Å². The molecule has 1 aromatic carbocycles. The van der Waals surface area contributed by atoms with E-state index in [9.17, 15) is 0 Å². The van der Waals surface area contributed by atoms with Crippen LogP contribution in [-0.4, -0.2) is 19.1 Å². The van der Waals surface area contributed by atoms with Crippen molar-refractivity contribution in [1.82, 2.24) is 0 Å². The predicted molar refractivity (Wildman–Crippen MR) is 56.0 cm³/mol. The zero-order valence-electron chi connectivity index (χ0n) is 7.74. The molecule has 71 valence electrons. The lowest BCUT2D eigenvalue weighted by Gasteiger charge is -2.10. The summed E-state index contributed by atoms with van der Waals surface area (Å²) in [6.07, 6.45) is 3.13. The van der Waals surface area contributed by atoms with E-state index in [0.29, 0.717) is 5.88 Å². The Balaban J connectivity index is 2.34. The molecule has 0 fully saturated rings. The second kappa shape index (κ2) is 6.01. The highest BCUT2D eigenvalue weighted by atomic mass is 35.5. The summed E-state index contributed by atoms with van der Waals surface area (Å²) in [6.45, 7) is 0. The normalized spacial score (nSPS) is 12.8. The van der Waals surface area contributed by atoms with E-state index in [-0.39, 0.29) is 6.10 Å². The number of benzene rings is 1. The second-order valence-corrected chi connectivity index (χ2v) is 3.17. The Morgan fingerprint density at radius 2 is 2.08 bits per heavy atom. The molecule has 1 atom stereocenters. The van der Waals surface area contributed by atoms with Crippen LogP contribution in [0.3, 0.4) is 0 Å². The maximum absolute atomic E-state index is 5.69. The zero-order chi connectivity index (χ0) is 9.52. The Hall–Kier alpha value is -0.530. The van der Waals surface area contributed by atoms with Crippen LogP contribution in [0.1, 0.15) is 12.0 Å². The molecule has 1 aromatic rings. The third-order valence-electron chi connectivity index (χ3n) is 1.92. The largest absolute Gasteiger partial charge is 0.380 e. The van der Waals surface area contributed by atoms with Crippen molar-refractivity contribution in [2.24, 2.45) is 0 Å². The summed E-state index contributed by atoms with van der Waals surface area (Å²) in [5.74, 6) is 0.542. The summed E-state index contributed by atoms with van der Waals surface area (Å²) in [7, 11) is 1.69. The van der Waals surface area contributed by atoms with Gasteiger partial charge in [-0.2, -0.15) is 0 Å². The van der Waals surface area contributed by atoms with Crippen molar-refractivity contribution >= 4 is 11.6 Å². The molecule has 0 aliphatic rings. The minimum Gasteiger partial charge on any atom is -0.380 e. The van der Waals surface area contributed by atoms with E-state index >= 15 is 0 Å². The molecule has 2 heteroatoms. The Kier molecular flexibility index (Phi) is 4.87. The molecule has 0 N–H and O–H groups in total. The molecule has 0 aliphatic carbocycles. The predicted octanol–water partition coefficient (Wildman–Crippen LogP) is 2.88. The summed E-state index contributed by atoms with van der Waals surface area (Å²) in [4.78, 5) is 0. The number of halogens is 1. The molecule has 0 spiro atoms. The first kappa shape index (κ1) is 10.6. The van der Waals surface area contributed by atoms with E-state index in [1.54, 1.807) is 7.11 Å². The molecule has 0 heterocycles. The van der Waals surface area contributed by atoms with Crippen LogP contribution in [0.25, 0.3) is 0 Å². The Morgan fingerprint density at radius 1 is 1.38 bits per heavy atom. The van der Waals surface area contributed by atoms with E-state index in [1.807, 2.05) is 18.2 Å². The summed E-state index contributed by atoms with van der Waals surface area (Å²) in [5.41, 5.74) is 1.22. The van der Waals surface area contributed by atoms with Gasteiger partial charge in [-0.05, 0) is 18.4 Å². The summed E-state index contributed by atoms with van der Waals surface area (Å²) < 4.78 is 5.16. The van der Waals surface area contributed by atoms with E-state index in [2.05, 4.69) is 18.6 Å². The van der Waals surface area contributed by atoms with Gasteiger partial charge in [0.25, 0.3) is 0 Å². The first-order valence-electron chi connectivity index (χ1n) is 4.34. The van der Waals surface area contributed by atoms with Crippen molar-refractivity contribution in [1.29, 1.82) is 0 Å². The molecule has 0 amide bonds. The lowest BCUT2D eigenvalue weighted by Crippen LogP contribution is -2.12. The average Bonchev–Trinajstić information content (AvgIpc) is 2.21. The van der Waals surface area contributed by atoms with Crippen LogP contribution in [0, 0.1) is 6.42 Å². The van der Waals surface area contributed by atoms with Crippen molar-refractivity contribution in [3.8, 4) is 0 Å². The van der Waals surface area contributed by atoms with Crippen molar-refractivity contribution in [2.45, 2.75) is 12.5 Å². The van der Waals surface area contributed by atoms with Gasteiger partial charge in [-0.1, -0.05) is 30.3 Å². The van der Waals surface area contributed by atoms with Gasteiger partial charge >= 0.3 is 0 Å². The number of rotatable bonds is 5. The van der Waals surface area contributed by atoms with E-state index in [0.717, 1.165) is 6.42 Å². The van der Waals surface area contributed by atoms with Gasteiger partial charge in [-0.15, -0.1) is 11.6 Å². The Bertz CT molecular complexity index is 219. The van der Waals surface area contributed by atoms with E-state index in [4.69, 9.17) is 16.3 Å². The summed E-state index contributed by atoms with van der Waals surface area (Å²) in [6, 6.07) is 10.2. The van der Waals surface area contributed by atoms with Crippen LogP contribution in [0.2, 0.25) is 0 Å². The highest BCUT2D eigenvalue weighted by molar-refractivity contribution is 6.18. The lowest BCUT2D eigenvalue weighted by molar-refractivity contribution is 0.121. The van der Waals surface area contributed by atoms with Crippen molar-refractivity contribution in [3.63, 3.8) is 0 Å². The van der Waals surface area contributed by atoms with Crippen molar-refractivity contribution < 1.29 is 4.74 Å². The fourth-order valence-electron chi connectivity index (χ4n) is 1.08. The number of hydrogen-bond donors (Lipinski definition) is 0. The molecule has 1 unspecified atom stereocenters. The average molecular weight is 198 g/mol. The first-order chi connectivity index (χ1) is 6.36. The molecule has 0 saturated carbocycles. The molecule has 1 nitrogen and oxygen atoms in total. The SMILES string of the molecule is COC(CCl)C[CH]c1ccccc1. The van der Waals surface area contributed by atoms with Crippen LogP contribution < -0.4 is 0 Å². The second-order valence-electron chi connectivity index (χ2n) is 2.86. The third kappa shape index (κ3) is 3.79. The Morgan fingerprint density at radius 3 is 2.62 bits per heavy atom. The fourth-order valence-corrected chi connectivity index (χ4v) is 1.33. The molecular weight excluding hydrogens is 184 g/mol. The molecule has 0 saturated heterocycles. The van der Waals surface area contributed by atoms with Gasteiger partial charge in [0, 0.05) is 13.0 Å². The topological polar surface area (TPSA) is 9.23 Å². The van der Waals surface area contributed by atoms with Crippen molar-refractivity contribution in [3.05, 3.63) is 42.3 Å². The minimum atomic E-state index is 0.127. The number of hydrogen-bond acceptors (Lipinski definition) is 1. The van der Waals surface area contributed by atoms with Gasteiger partial charge < -0.3 is 4.74 Å². The number of alkyl halides is 1. The number of ether oxygens (including phenoxy) is 1.